The summed E-state index contributed by atoms with van der Waals surface area (Å²) >= 11 is 0. The molecule has 1 amide bonds. The van der Waals surface area contributed by atoms with E-state index in [-0.39, 0.29) is 5.57 Å². The summed E-state index contributed by atoms with van der Waals surface area (Å²) in [5.41, 5.74) is 3.89. The van der Waals surface area contributed by atoms with Crippen LogP contribution in [0.2, 0.25) is 0 Å². The Morgan fingerprint density at radius 1 is 1.13 bits per heavy atom. The second-order valence-electron chi connectivity index (χ2n) is 6.92. The number of nitrogens with zero attached hydrogens (tertiary/aromatic N) is 2. The van der Waals surface area contributed by atoms with E-state index in [1.54, 1.807) is 36.5 Å². The molecule has 0 bridgehead atoms. The van der Waals surface area contributed by atoms with Gasteiger partial charge in [0.05, 0.1) is 18.5 Å². The van der Waals surface area contributed by atoms with E-state index < -0.39 is 5.91 Å². The van der Waals surface area contributed by atoms with Gasteiger partial charge >= 0.3 is 0 Å². The van der Waals surface area contributed by atoms with Crippen molar-refractivity contribution in [2.45, 2.75) is 20.5 Å². The number of ether oxygens (including phenoxy) is 2. The molecule has 3 aromatic rings. The number of hydrogen-bond donors (Lipinski definition) is 1. The van der Waals surface area contributed by atoms with Gasteiger partial charge in [0.1, 0.15) is 29.7 Å². The summed E-state index contributed by atoms with van der Waals surface area (Å²) in [7, 11) is 1.52. The van der Waals surface area contributed by atoms with Gasteiger partial charge in [-0.1, -0.05) is 18.2 Å². The highest BCUT2D eigenvalue weighted by atomic mass is 16.5. The van der Waals surface area contributed by atoms with Crippen LogP contribution in [0.5, 0.6) is 11.5 Å². The van der Waals surface area contributed by atoms with Crippen molar-refractivity contribution >= 4 is 17.7 Å². The number of nitrogens with one attached hydrogen (secondary N) is 1. The molecule has 0 unspecified atom stereocenters. The Morgan fingerprint density at radius 2 is 1.84 bits per heavy atom. The predicted octanol–water partition coefficient (Wildman–Crippen LogP) is 4.83. The summed E-state index contributed by atoms with van der Waals surface area (Å²) in [5.74, 6) is 0.784. The Morgan fingerprint density at radius 3 is 2.48 bits per heavy atom. The molecule has 0 spiro atoms. The van der Waals surface area contributed by atoms with Gasteiger partial charge in [0, 0.05) is 6.20 Å². The van der Waals surface area contributed by atoms with Crippen LogP contribution in [0.1, 0.15) is 22.4 Å². The van der Waals surface area contributed by atoms with E-state index >= 15 is 0 Å². The molecule has 1 heterocycles. The topological polar surface area (TPSA) is 84.2 Å². The van der Waals surface area contributed by atoms with Gasteiger partial charge in [-0.05, 0) is 73.0 Å². The standard InChI is InChI=1S/C25H23N3O3/c1-17-12-19(13-18(2)24(17)31-16-21-8-6-7-11-27-21)14-20(15-26)25(29)28-22-9-4-5-10-23(22)30-3/h4-14H,16H2,1-3H3,(H,28,29). The summed E-state index contributed by atoms with van der Waals surface area (Å²) in [6.45, 7) is 4.22. The number of carbonyl (C=O) groups excluding carboxylic acids is 1. The first-order chi connectivity index (χ1) is 15.0. The monoisotopic (exact) mass is 413 g/mol. The minimum Gasteiger partial charge on any atom is -0.495 e. The molecule has 1 N–H and O–H groups in total. The fourth-order valence-electron chi connectivity index (χ4n) is 3.18. The third-order valence-electron chi connectivity index (χ3n) is 4.60. The van der Waals surface area contributed by atoms with Crippen molar-refractivity contribution in [3.8, 4) is 17.6 Å². The Hall–Kier alpha value is -4.11. The van der Waals surface area contributed by atoms with Crippen LogP contribution in [0, 0.1) is 25.2 Å². The second-order valence-corrected chi connectivity index (χ2v) is 6.92. The summed E-state index contributed by atoms with van der Waals surface area (Å²) in [6.07, 6.45) is 3.29. The average Bonchev–Trinajstić information content (AvgIpc) is 2.78. The lowest BCUT2D eigenvalue weighted by Gasteiger charge is -2.13. The SMILES string of the molecule is COc1ccccc1NC(=O)C(C#N)=Cc1cc(C)c(OCc2ccccn2)c(C)c1. The van der Waals surface area contributed by atoms with E-state index in [0.717, 1.165) is 28.1 Å². The summed E-state index contributed by atoms with van der Waals surface area (Å²) < 4.78 is 11.2. The molecule has 0 atom stereocenters. The van der Waals surface area contributed by atoms with Crippen molar-refractivity contribution < 1.29 is 14.3 Å². The normalized spacial score (nSPS) is 10.8. The number of methoxy groups -OCH3 is 1. The van der Waals surface area contributed by atoms with Gasteiger partial charge in [0.15, 0.2) is 0 Å². The van der Waals surface area contributed by atoms with Gasteiger partial charge in [0.2, 0.25) is 0 Å². The number of amides is 1. The van der Waals surface area contributed by atoms with Gasteiger partial charge in [-0.2, -0.15) is 5.26 Å². The molecule has 3 rings (SSSR count). The number of aromatic nitrogens is 1. The Kier molecular flexibility index (Phi) is 7.02. The quantitative estimate of drug-likeness (QED) is 0.443. The van der Waals surface area contributed by atoms with Crippen LogP contribution in [0.25, 0.3) is 6.08 Å². The molecule has 0 fully saturated rings. The summed E-state index contributed by atoms with van der Waals surface area (Å²) in [4.78, 5) is 16.9. The van der Waals surface area contributed by atoms with Crippen molar-refractivity contribution in [3.05, 3.63) is 88.8 Å². The molecule has 0 aliphatic rings. The van der Waals surface area contributed by atoms with Crippen molar-refractivity contribution in [1.82, 2.24) is 4.98 Å². The van der Waals surface area contributed by atoms with Crippen LogP contribution in [0.15, 0.2) is 66.4 Å². The first-order valence-corrected chi connectivity index (χ1v) is 9.72. The lowest BCUT2D eigenvalue weighted by molar-refractivity contribution is -0.112. The zero-order valence-corrected chi connectivity index (χ0v) is 17.7. The van der Waals surface area contributed by atoms with Crippen LogP contribution in [-0.4, -0.2) is 18.0 Å². The highest BCUT2D eigenvalue weighted by Gasteiger charge is 2.13. The van der Waals surface area contributed by atoms with Gasteiger partial charge in [0.25, 0.3) is 5.91 Å². The van der Waals surface area contributed by atoms with E-state index in [9.17, 15) is 10.1 Å². The molecule has 31 heavy (non-hydrogen) atoms. The molecule has 156 valence electrons. The number of hydrogen-bond acceptors (Lipinski definition) is 5. The van der Waals surface area contributed by atoms with Crippen molar-refractivity contribution in [1.29, 1.82) is 5.26 Å². The maximum Gasteiger partial charge on any atom is 0.266 e. The summed E-state index contributed by atoms with van der Waals surface area (Å²) in [5, 5.41) is 12.2. The number of rotatable bonds is 7. The van der Waals surface area contributed by atoms with E-state index in [0.29, 0.717) is 18.0 Å². The maximum absolute atomic E-state index is 12.6. The largest absolute Gasteiger partial charge is 0.495 e. The molecule has 0 saturated carbocycles. The van der Waals surface area contributed by atoms with Crippen molar-refractivity contribution in [3.63, 3.8) is 0 Å². The van der Waals surface area contributed by atoms with E-state index in [2.05, 4.69) is 10.3 Å². The zero-order valence-electron chi connectivity index (χ0n) is 17.7. The Labute approximate surface area is 181 Å². The lowest BCUT2D eigenvalue weighted by Crippen LogP contribution is -2.14. The number of carbonyl (C=O) groups is 1. The second kappa shape index (κ2) is 10.1. The molecule has 0 saturated heterocycles. The molecule has 6 heteroatoms. The predicted molar refractivity (Wildman–Crippen MR) is 120 cm³/mol. The number of aryl methyl sites for hydroxylation is 2. The van der Waals surface area contributed by atoms with E-state index in [4.69, 9.17) is 9.47 Å². The maximum atomic E-state index is 12.6. The van der Waals surface area contributed by atoms with Crippen molar-refractivity contribution in [2.24, 2.45) is 0 Å². The van der Waals surface area contributed by atoms with E-state index in [1.165, 1.54) is 7.11 Å². The molecule has 0 aliphatic heterocycles. The van der Waals surface area contributed by atoms with Crippen LogP contribution >= 0.6 is 0 Å². The average molecular weight is 413 g/mol. The van der Waals surface area contributed by atoms with Crippen LogP contribution in [0.4, 0.5) is 5.69 Å². The van der Waals surface area contributed by atoms with Gasteiger partial charge in [-0.3, -0.25) is 9.78 Å². The number of para-hydroxylation sites is 2. The Balaban J connectivity index is 1.79. The van der Waals surface area contributed by atoms with Crippen LogP contribution in [-0.2, 0) is 11.4 Å². The third-order valence-corrected chi connectivity index (χ3v) is 4.60. The van der Waals surface area contributed by atoms with Gasteiger partial charge in [-0.15, -0.1) is 0 Å². The molecule has 0 aliphatic carbocycles. The number of pyridine rings is 1. The van der Waals surface area contributed by atoms with Crippen molar-refractivity contribution in [2.75, 3.05) is 12.4 Å². The highest BCUT2D eigenvalue weighted by molar-refractivity contribution is 6.10. The minimum absolute atomic E-state index is 0.00754. The van der Waals surface area contributed by atoms with Crippen LogP contribution in [0.3, 0.4) is 0 Å². The smallest absolute Gasteiger partial charge is 0.266 e. The molecular formula is C25H23N3O3. The lowest BCUT2D eigenvalue weighted by atomic mass is 10.0. The first kappa shape index (κ1) is 21.6. The zero-order chi connectivity index (χ0) is 22.2. The minimum atomic E-state index is -0.502. The molecule has 6 nitrogen and oxygen atoms in total. The van der Waals surface area contributed by atoms with Gasteiger partial charge < -0.3 is 14.8 Å². The fraction of sp³-hybridized carbons (Fsp3) is 0.160. The first-order valence-electron chi connectivity index (χ1n) is 9.72. The fourth-order valence-corrected chi connectivity index (χ4v) is 3.18. The number of benzene rings is 2. The molecular weight excluding hydrogens is 390 g/mol. The molecule has 0 radical (unpaired) electrons. The third kappa shape index (κ3) is 5.49. The highest BCUT2D eigenvalue weighted by Crippen LogP contribution is 2.27. The van der Waals surface area contributed by atoms with E-state index in [1.807, 2.05) is 50.2 Å². The molecule has 2 aromatic carbocycles. The van der Waals surface area contributed by atoms with Crippen LogP contribution < -0.4 is 14.8 Å². The number of nitriles is 1. The Bertz CT molecular complexity index is 1130. The van der Waals surface area contributed by atoms with Gasteiger partial charge in [-0.25, -0.2) is 0 Å². The molecule has 1 aromatic heterocycles. The number of anilines is 1. The summed E-state index contributed by atoms with van der Waals surface area (Å²) in [6, 6.07) is 18.5.